The third-order valence-electron chi connectivity index (χ3n) is 5.23. The lowest BCUT2D eigenvalue weighted by Gasteiger charge is -2.10. The monoisotopic (exact) mass is 485 g/mol. The second-order valence-electron chi connectivity index (χ2n) is 7.94. The molecule has 0 aliphatic rings. The van der Waals surface area contributed by atoms with Crippen LogP contribution >= 0.6 is 0 Å². The fourth-order valence-electron chi connectivity index (χ4n) is 3.52. The van der Waals surface area contributed by atoms with Gasteiger partial charge in [0.05, 0.1) is 24.8 Å². The van der Waals surface area contributed by atoms with Gasteiger partial charge in [0, 0.05) is 6.54 Å². The van der Waals surface area contributed by atoms with Gasteiger partial charge in [-0.05, 0) is 42.3 Å². The normalized spacial score (nSPS) is 11.5. The number of halogens is 3. The number of aryl methyl sites for hydroxylation is 1. The van der Waals surface area contributed by atoms with Crippen LogP contribution in [-0.4, -0.2) is 38.4 Å². The summed E-state index contributed by atoms with van der Waals surface area (Å²) in [5.74, 6) is 0.295. The number of alkyl halides is 3. The quantitative estimate of drug-likeness (QED) is 0.414. The lowest BCUT2D eigenvalue weighted by atomic mass is 10.1. The fourth-order valence-corrected chi connectivity index (χ4v) is 3.52. The number of benzene rings is 2. The smallest absolute Gasteiger partial charge is 0.416 e. The first-order valence-corrected chi connectivity index (χ1v) is 10.7. The predicted octanol–water partition coefficient (Wildman–Crippen LogP) is 3.16. The van der Waals surface area contributed by atoms with Gasteiger partial charge in [-0.2, -0.15) is 18.3 Å². The number of hydrogen-bond donors (Lipinski definition) is 1. The van der Waals surface area contributed by atoms with E-state index in [-0.39, 0.29) is 37.5 Å². The van der Waals surface area contributed by atoms with E-state index in [0.717, 1.165) is 17.7 Å². The summed E-state index contributed by atoms with van der Waals surface area (Å²) in [5, 5.41) is 7.11. The molecule has 182 valence electrons. The van der Waals surface area contributed by atoms with Crippen LogP contribution in [-0.2, 0) is 24.1 Å². The Labute approximate surface area is 198 Å². The largest absolute Gasteiger partial charge is 0.484 e. The molecule has 35 heavy (non-hydrogen) atoms. The molecule has 2 heterocycles. The SMILES string of the molecule is Cc1cccc(OCC(=O)NCCn2ncc3c(=O)n(Cc4cccc(C(F)(F)F)c4)cnc32)c1. The van der Waals surface area contributed by atoms with Crippen LogP contribution in [0.25, 0.3) is 11.0 Å². The van der Waals surface area contributed by atoms with Crippen LogP contribution in [0.3, 0.4) is 0 Å². The molecule has 0 unspecified atom stereocenters. The molecule has 0 aliphatic heterocycles. The zero-order chi connectivity index (χ0) is 25.0. The second kappa shape index (κ2) is 10.00. The Morgan fingerprint density at radius 1 is 1.14 bits per heavy atom. The van der Waals surface area contributed by atoms with Crippen molar-refractivity contribution < 1.29 is 22.7 Å². The van der Waals surface area contributed by atoms with Gasteiger partial charge >= 0.3 is 6.18 Å². The van der Waals surface area contributed by atoms with Crippen LogP contribution in [0.4, 0.5) is 13.2 Å². The number of nitrogens with zero attached hydrogens (tertiary/aromatic N) is 4. The molecule has 1 N–H and O–H groups in total. The van der Waals surface area contributed by atoms with Gasteiger partial charge in [0.1, 0.15) is 17.5 Å². The standard InChI is InChI=1S/C24H22F3N5O3/c1-16-4-2-7-19(10-16)35-14-21(33)28-8-9-32-22-20(12-30-32)23(34)31(15-29-22)13-17-5-3-6-18(11-17)24(25,26)27/h2-7,10-12,15H,8-9,13-14H2,1H3,(H,28,33). The predicted molar refractivity (Wildman–Crippen MR) is 122 cm³/mol. The lowest BCUT2D eigenvalue weighted by Crippen LogP contribution is -2.31. The van der Waals surface area contributed by atoms with Crippen LogP contribution in [0.5, 0.6) is 5.75 Å². The zero-order valence-electron chi connectivity index (χ0n) is 18.7. The summed E-state index contributed by atoms with van der Waals surface area (Å²) in [5.41, 5.74) is 0.465. The van der Waals surface area contributed by atoms with Crippen molar-refractivity contribution in [1.29, 1.82) is 0 Å². The second-order valence-corrected chi connectivity index (χ2v) is 7.94. The molecule has 2 aromatic carbocycles. The zero-order valence-corrected chi connectivity index (χ0v) is 18.7. The summed E-state index contributed by atoms with van der Waals surface area (Å²) in [6.45, 7) is 2.23. The maximum atomic E-state index is 13.0. The highest BCUT2D eigenvalue weighted by molar-refractivity contribution is 5.77. The summed E-state index contributed by atoms with van der Waals surface area (Å²) in [7, 11) is 0. The number of ether oxygens (including phenoxy) is 1. The molecule has 8 nitrogen and oxygen atoms in total. The fraction of sp³-hybridized carbons (Fsp3) is 0.250. The van der Waals surface area contributed by atoms with Crippen LogP contribution in [0.1, 0.15) is 16.7 Å². The molecule has 0 radical (unpaired) electrons. The van der Waals surface area contributed by atoms with Crippen molar-refractivity contribution in [2.24, 2.45) is 0 Å². The van der Waals surface area contributed by atoms with Crippen molar-refractivity contribution in [2.75, 3.05) is 13.2 Å². The molecule has 0 atom stereocenters. The average molecular weight is 485 g/mol. The minimum atomic E-state index is -4.47. The number of aromatic nitrogens is 4. The Balaban J connectivity index is 1.37. The Kier molecular flexibility index (Phi) is 6.85. The molecule has 11 heteroatoms. The summed E-state index contributed by atoms with van der Waals surface area (Å²) in [6.07, 6.45) is -1.83. The highest BCUT2D eigenvalue weighted by atomic mass is 19.4. The first-order chi connectivity index (χ1) is 16.7. The number of amides is 1. The van der Waals surface area contributed by atoms with Gasteiger partial charge in [-0.15, -0.1) is 0 Å². The first kappa shape index (κ1) is 24.0. The lowest BCUT2D eigenvalue weighted by molar-refractivity contribution is -0.137. The van der Waals surface area contributed by atoms with Crippen molar-refractivity contribution in [3.05, 3.63) is 88.1 Å². The van der Waals surface area contributed by atoms with E-state index in [0.29, 0.717) is 17.0 Å². The van der Waals surface area contributed by atoms with Crippen molar-refractivity contribution in [3.63, 3.8) is 0 Å². The van der Waals surface area contributed by atoms with Gasteiger partial charge in [0.2, 0.25) is 0 Å². The number of rotatable bonds is 8. The Morgan fingerprint density at radius 2 is 1.94 bits per heavy atom. The van der Waals surface area contributed by atoms with E-state index in [1.807, 2.05) is 25.1 Å². The van der Waals surface area contributed by atoms with E-state index in [1.165, 1.54) is 33.9 Å². The number of carbonyl (C=O) groups is 1. The van der Waals surface area contributed by atoms with E-state index in [4.69, 9.17) is 4.74 Å². The van der Waals surface area contributed by atoms with Crippen molar-refractivity contribution in [1.82, 2.24) is 24.6 Å². The Bertz CT molecular complexity index is 1410. The number of nitrogens with one attached hydrogen (secondary N) is 1. The third-order valence-corrected chi connectivity index (χ3v) is 5.23. The summed E-state index contributed by atoms with van der Waals surface area (Å²) in [4.78, 5) is 29.1. The number of fused-ring (bicyclic) bond motifs is 1. The summed E-state index contributed by atoms with van der Waals surface area (Å²) < 4.78 is 47.0. The van der Waals surface area contributed by atoms with Crippen LogP contribution in [0.15, 0.2) is 65.8 Å². The molecule has 0 aliphatic carbocycles. The van der Waals surface area contributed by atoms with Gasteiger partial charge in [0.25, 0.3) is 11.5 Å². The van der Waals surface area contributed by atoms with Gasteiger partial charge in [-0.3, -0.25) is 14.2 Å². The number of hydrogen-bond acceptors (Lipinski definition) is 5. The Hall–Kier alpha value is -4.15. The molecule has 4 aromatic rings. The first-order valence-electron chi connectivity index (χ1n) is 10.7. The molecule has 0 fully saturated rings. The highest BCUT2D eigenvalue weighted by Gasteiger charge is 2.30. The van der Waals surface area contributed by atoms with Gasteiger partial charge < -0.3 is 10.1 Å². The van der Waals surface area contributed by atoms with E-state index >= 15 is 0 Å². The molecular weight excluding hydrogens is 463 g/mol. The molecule has 0 saturated heterocycles. The van der Waals surface area contributed by atoms with Crippen LogP contribution in [0, 0.1) is 6.92 Å². The maximum Gasteiger partial charge on any atom is 0.416 e. The molecule has 0 spiro atoms. The van der Waals surface area contributed by atoms with Gasteiger partial charge in [-0.25, -0.2) is 9.67 Å². The van der Waals surface area contributed by atoms with E-state index in [9.17, 15) is 22.8 Å². The molecule has 0 saturated carbocycles. The van der Waals surface area contributed by atoms with E-state index in [2.05, 4.69) is 15.4 Å². The third kappa shape index (κ3) is 5.86. The molecule has 1 amide bonds. The average Bonchev–Trinajstić information content (AvgIpc) is 3.23. The minimum absolute atomic E-state index is 0.0616. The van der Waals surface area contributed by atoms with Crippen LogP contribution < -0.4 is 15.6 Å². The minimum Gasteiger partial charge on any atom is -0.484 e. The highest BCUT2D eigenvalue weighted by Crippen LogP contribution is 2.29. The molecular formula is C24H22F3N5O3. The van der Waals surface area contributed by atoms with E-state index in [1.54, 1.807) is 6.07 Å². The number of carbonyl (C=O) groups excluding carboxylic acids is 1. The van der Waals surface area contributed by atoms with Gasteiger partial charge in [-0.1, -0.05) is 24.3 Å². The van der Waals surface area contributed by atoms with Crippen LogP contribution in [0.2, 0.25) is 0 Å². The van der Waals surface area contributed by atoms with Crippen molar-refractivity contribution in [3.8, 4) is 5.75 Å². The van der Waals surface area contributed by atoms with Crippen molar-refractivity contribution >= 4 is 16.9 Å². The molecule has 4 rings (SSSR count). The maximum absolute atomic E-state index is 13.0. The Morgan fingerprint density at radius 3 is 2.71 bits per heavy atom. The molecule has 2 aromatic heterocycles. The molecule has 0 bridgehead atoms. The summed E-state index contributed by atoms with van der Waals surface area (Å²) in [6, 6.07) is 12.2. The summed E-state index contributed by atoms with van der Waals surface area (Å²) >= 11 is 0. The van der Waals surface area contributed by atoms with Crippen molar-refractivity contribution in [2.45, 2.75) is 26.2 Å². The topological polar surface area (TPSA) is 91.0 Å². The van der Waals surface area contributed by atoms with Gasteiger partial charge in [0.15, 0.2) is 12.3 Å². The van der Waals surface area contributed by atoms with E-state index < -0.39 is 17.3 Å².